The Hall–Kier alpha value is -3.88. The number of carbonyl (C=O) groups excluding carboxylic acids is 1. The highest BCUT2D eigenvalue weighted by molar-refractivity contribution is 7.86. The number of carbonyl (C=O) groups is 1. The van der Waals surface area contributed by atoms with Crippen LogP contribution in [0.1, 0.15) is 12.0 Å². The monoisotopic (exact) mass is 609 g/mol. The lowest BCUT2D eigenvalue weighted by molar-refractivity contribution is -0.870. The van der Waals surface area contributed by atoms with Gasteiger partial charge in [0.2, 0.25) is 0 Å². The molecule has 14 heteroatoms. The van der Waals surface area contributed by atoms with Crippen molar-refractivity contribution < 1.29 is 40.1 Å². The highest BCUT2D eigenvalue weighted by Gasteiger charge is 2.37. The molecule has 4 rings (SSSR count). The first-order valence-corrected chi connectivity index (χ1v) is 14.4. The summed E-state index contributed by atoms with van der Waals surface area (Å²) in [6, 6.07) is 18.8. The van der Waals surface area contributed by atoms with Crippen molar-refractivity contribution in [3.63, 3.8) is 0 Å². The molecule has 42 heavy (non-hydrogen) atoms. The van der Waals surface area contributed by atoms with E-state index in [1.54, 1.807) is 0 Å². The van der Waals surface area contributed by atoms with E-state index in [2.05, 4.69) is 89.7 Å². The summed E-state index contributed by atoms with van der Waals surface area (Å²) in [5, 5.41) is 8.33. The summed E-state index contributed by atoms with van der Waals surface area (Å²) in [5.74, 6) is 0.752. The topological polar surface area (TPSA) is 110 Å². The van der Waals surface area contributed by atoms with E-state index in [1.165, 1.54) is 11.1 Å². The van der Waals surface area contributed by atoms with Gasteiger partial charge in [-0.25, -0.2) is 13.2 Å². The van der Waals surface area contributed by atoms with E-state index in [1.807, 2.05) is 38.0 Å². The van der Waals surface area contributed by atoms with Crippen LogP contribution in [0.5, 0.6) is 0 Å². The van der Waals surface area contributed by atoms with Crippen LogP contribution in [0.3, 0.4) is 0 Å². The zero-order valence-electron chi connectivity index (χ0n) is 24.4. The van der Waals surface area contributed by atoms with Crippen LogP contribution >= 0.6 is 0 Å². The molecule has 0 saturated carbocycles. The van der Waals surface area contributed by atoms with Gasteiger partial charge < -0.3 is 19.3 Å². The minimum Gasteiger partial charge on any atom is -0.741 e. The maximum Gasteiger partial charge on any atom is 0.485 e. The van der Waals surface area contributed by atoms with E-state index < -0.39 is 15.6 Å². The molecular formula is C28H36F3N6O4S+. The quantitative estimate of drug-likeness (QED) is 0.110. The van der Waals surface area contributed by atoms with Gasteiger partial charge in [0.15, 0.2) is 10.1 Å². The number of quaternary nitrogens is 1. The van der Waals surface area contributed by atoms with Gasteiger partial charge in [0, 0.05) is 43.4 Å². The molecule has 4 aromatic rings. The van der Waals surface area contributed by atoms with Crippen LogP contribution in [-0.4, -0.2) is 81.8 Å². The van der Waals surface area contributed by atoms with Gasteiger partial charge >= 0.3 is 17.4 Å². The number of rotatable bonds is 7. The molecule has 2 amide bonds. The molecule has 0 aliphatic heterocycles. The van der Waals surface area contributed by atoms with Gasteiger partial charge in [-0.15, -0.1) is 0 Å². The third-order valence-corrected chi connectivity index (χ3v) is 6.95. The predicted molar refractivity (Wildman–Crippen MR) is 156 cm³/mol. The molecule has 0 aliphatic carbocycles. The second-order valence-electron chi connectivity index (χ2n) is 11.0. The SMILES string of the molecule is CN(C)c1ccc(/C=c2/c3ccccc3n3c2cc(NC(=O)NCCC[N+](C)(C)C)[n+]3C)cc1.O=S(=O)([O-])C(F)(F)F. The third-order valence-electron chi connectivity index (χ3n) is 6.39. The molecule has 0 fully saturated rings. The number of hydrogen-bond donors (Lipinski definition) is 2. The fourth-order valence-corrected chi connectivity index (χ4v) is 4.28. The molecule has 0 saturated heterocycles. The molecule has 2 N–H and O–H groups in total. The summed E-state index contributed by atoms with van der Waals surface area (Å²) in [4.78, 5) is 14.6. The van der Waals surface area contributed by atoms with Crippen LogP contribution in [0.4, 0.5) is 29.5 Å². The number of aryl methyl sites for hydroxylation is 1. The number of anilines is 2. The number of nitrogens with zero attached hydrogens (tertiary/aromatic N) is 4. The largest absolute Gasteiger partial charge is 0.741 e. The molecule has 228 valence electrons. The number of nitrogens with one attached hydrogen (secondary N) is 2. The lowest BCUT2D eigenvalue weighted by Crippen LogP contribution is -2.41. The van der Waals surface area contributed by atoms with Gasteiger partial charge in [-0.2, -0.15) is 27.7 Å². The molecule has 0 bridgehead atoms. The highest BCUT2D eigenvalue weighted by Crippen LogP contribution is 2.21. The molecule has 0 unspecified atom stereocenters. The number of urea groups is 1. The van der Waals surface area contributed by atoms with Crippen molar-refractivity contribution >= 4 is 50.2 Å². The number of alkyl halides is 3. The first-order valence-electron chi connectivity index (χ1n) is 13.0. The van der Waals surface area contributed by atoms with Crippen molar-refractivity contribution in [2.75, 3.05) is 58.5 Å². The average Bonchev–Trinajstić information content (AvgIpc) is 3.35. The van der Waals surface area contributed by atoms with Crippen molar-refractivity contribution in [1.29, 1.82) is 0 Å². The Kier molecular flexibility index (Phi) is 9.75. The number of halogens is 3. The maximum atomic E-state index is 12.6. The Morgan fingerprint density at radius 2 is 1.67 bits per heavy atom. The van der Waals surface area contributed by atoms with Gasteiger partial charge in [0.25, 0.3) is 0 Å². The van der Waals surface area contributed by atoms with Gasteiger partial charge in [-0.1, -0.05) is 30.3 Å². The summed E-state index contributed by atoms with van der Waals surface area (Å²) in [6.07, 6.45) is 3.15. The summed E-state index contributed by atoms with van der Waals surface area (Å²) in [5.41, 5.74) is -1.18. The number of para-hydroxylation sites is 1. The van der Waals surface area contributed by atoms with Gasteiger partial charge in [0.1, 0.15) is 7.05 Å². The van der Waals surface area contributed by atoms with E-state index in [4.69, 9.17) is 13.0 Å². The number of hydrogen-bond acceptors (Lipinski definition) is 5. The molecule has 0 aliphatic rings. The number of fused-ring (bicyclic) bond motifs is 3. The first-order chi connectivity index (χ1) is 19.4. The van der Waals surface area contributed by atoms with Crippen LogP contribution in [0.15, 0.2) is 54.6 Å². The van der Waals surface area contributed by atoms with Crippen LogP contribution in [0.25, 0.3) is 22.5 Å². The summed E-state index contributed by atoms with van der Waals surface area (Å²) >= 11 is 0. The predicted octanol–water partition coefficient (Wildman–Crippen LogP) is 2.80. The Morgan fingerprint density at radius 3 is 2.21 bits per heavy atom. The zero-order chi connectivity index (χ0) is 31.5. The van der Waals surface area contributed by atoms with Gasteiger partial charge in [-0.3, -0.25) is 0 Å². The average molecular weight is 610 g/mol. The molecule has 10 nitrogen and oxygen atoms in total. The molecule has 0 spiro atoms. The van der Waals surface area contributed by atoms with Crippen molar-refractivity contribution in [2.24, 2.45) is 7.05 Å². The smallest absolute Gasteiger partial charge is 0.485 e. The van der Waals surface area contributed by atoms with E-state index in [0.717, 1.165) is 45.1 Å². The zero-order valence-corrected chi connectivity index (χ0v) is 25.2. The van der Waals surface area contributed by atoms with E-state index in [9.17, 15) is 18.0 Å². The lowest BCUT2D eigenvalue weighted by Gasteiger charge is -2.23. The van der Waals surface area contributed by atoms with Crippen molar-refractivity contribution in [1.82, 2.24) is 9.83 Å². The Labute approximate surface area is 242 Å². The number of aromatic nitrogens is 2. The summed E-state index contributed by atoms with van der Waals surface area (Å²) in [6.45, 7) is 1.66. The van der Waals surface area contributed by atoms with Crippen LogP contribution in [-0.2, 0) is 17.2 Å². The van der Waals surface area contributed by atoms with Gasteiger partial charge in [0.05, 0.1) is 44.8 Å². The van der Waals surface area contributed by atoms with Crippen LogP contribution in [0, 0.1) is 0 Å². The van der Waals surface area contributed by atoms with Crippen molar-refractivity contribution in [3.05, 3.63) is 65.4 Å². The fraction of sp³-hybridized carbons (Fsp3) is 0.357. The summed E-state index contributed by atoms with van der Waals surface area (Å²) < 4.78 is 63.9. The molecular weight excluding hydrogens is 573 g/mol. The molecule has 0 radical (unpaired) electrons. The van der Waals surface area contributed by atoms with E-state index in [0.29, 0.717) is 6.54 Å². The second kappa shape index (κ2) is 12.5. The highest BCUT2D eigenvalue weighted by atomic mass is 32.2. The minimum absolute atomic E-state index is 0.181. The first kappa shape index (κ1) is 32.6. The van der Waals surface area contributed by atoms with Crippen molar-refractivity contribution in [3.8, 4) is 0 Å². The normalized spacial score (nSPS) is 12.8. The fourth-order valence-electron chi connectivity index (χ4n) is 4.28. The number of benzene rings is 2. The van der Waals surface area contributed by atoms with Crippen molar-refractivity contribution in [2.45, 2.75) is 11.9 Å². The summed E-state index contributed by atoms with van der Waals surface area (Å²) in [7, 11) is 6.44. The molecule has 2 aromatic carbocycles. The van der Waals surface area contributed by atoms with Crippen LogP contribution in [0.2, 0.25) is 0 Å². The third kappa shape index (κ3) is 8.11. The Bertz CT molecular complexity index is 1710. The second-order valence-corrected chi connectivity index (χ2v) is 12.3. The maximum absolute atomic E-state index is 12.6. The molecule has 2 aromatic heterocycles. The molecule has 2 heterocycles. The molecule has 0 atom stereocenters. The Morgan fingerprint density at radius 1 is 1.07 bits per heavy atom. The van der Waals surface area contributed by atoms with Gasteiger partial charge in [-0.05, 0) is 29.8 Å². The van der Waals surface area contributed by atoms with E-state index >= 15 is 0 Å². The number of amides is 2. The standard InChI is InChI=1S/C27H34N6O.CHF3O3S/c1-30(2)21-14-12-20(13-15-21)18-23-22-10-7-8-11-24(22)32-25(23)19-26(31(32)3)29-27(34)28-16-9-17-33(4,5)6;2-1(3,4)8(5,6)7/h7-8,10-15,18-19H,9,16-17H2,1-6H3;(H,5,6,7)/p+1/b23-18-;. The van der Waals surface area contributed by atoms with E-state index in [-0.39, 0.29) is 6.03 Å². The lowest BCUT2D eigenvalue weighted by atomic mass is 10.1. The Balaban J connectivity index is 0.000000531. The van der Waals surface area contributed by atoms with Crippen LogP contribution < -0.4 is 25.4 Å². The minimum atomic E-state index is -6.09.